The number of nitrogens with one attached hydrogen (secondary N) is 1. The van der Waals surface area contributed by atoms with Crippen LogP contribution in [0.1, 0.15) is 42.5 Å². The summed E-state index contributed by atoms with van der Waals surface area (Å²) in [5.74, 6) is -2.70. The second kappa shape index (κ2) is 13.7. The first-order chi connectivity index (χ1) is 21.1. The zero-order valence-corrected chi connectivity index (χ0v) is 24.5. The third-order valence-electron chi connectivity index (χ3n) is 7.49. The molecule has 2 N–H and O–H groups in total. The largest absolute Gasteiger partial charge is 0.490 e. The molecule has 13 heteroatoms. The fourth-order valence-electron chi connectivity index (χ4n) is 4.90. The summed E-state index contributed by atoms with van der Waals surface area (Å²) in [4.78, 5) is 42.4. The Balaban J connectivity index is 0.000000493. The van der Waals surface area contributed by atoms with Crippen LogP contribution in [-0.4, -0.2) is 55.9 Å². The van der Waals surface area contributed by atoms with E-state index in [0.717, 1.165) is 33.1 Å². The van der Waals surface area contributed by atoms with Gasteiger partial charge in [0, 0.05) is 43.1 Å². The minimum absolute atomic E-state index is 0.0525. The molecule has 1 saturated carbocycles. The highest BCUT2D eigenvalue weighted by molar-refractivity contribution is 7.99. The number of aliphatic carboxylic acids is 1. The van der Waals surface area contributed by atoms with Crippen molar-refractivity contribution >= 4 is 34.6 Å². The van der Waals surface area contributed by atoms with E-state index < -0.39 is 12.1 Å². The monoisotopic (exact) mass is 628 g/mol. The number of fused-ring (bicyclic) bond motifs is 2. The van der Waals surface area contributed by atoms with Gasteiger partial charge in [-0.1, -0.05) is 42.4 Å². The number of rotatable bonds is 8. The zero-order valence-electron chi connectivity index (χ0n) is 23.7. The molecular formula is C31H31F3N4O5S. The second-order valence-electron chi connectivity index (χ2n) is 10.6. The van der Waals surface area contributed by atoms with E-state index in [1.54, 1.807) is 27.5 Å². The van der Waals surface area contributed by atoms with Crippen molar-refractivity contribution < 1.29 is 32.3 Å². The number of amides is 1. The van der Waals surface area contributed by atoms with Gasteiger partial charge in [-0.15, -0.1) is 0 Å². The van der Waals surface area contributed by atoms with E-state index in [2.05, 4.69) is 11.4 Å². The Morgan fingerprint density at radius 1 is 1.11 bits per heavy atom. The Hall–Kier alpha value is -4.10. The van der Waals surface area contributed by atoms with Gasteiger partial charge in [-0.3, -0.25) is 14.2 Å². The average Bonchev–Trinajstić information content (AvgIpc) is 3.45. The Kier molecular flexibility index (Phi) is 9.74. The molecule has 0 saturated heterocycles. The molecule has 4 aromatic rings. The smallest absolute Gasteiger partial charge is 0.475 e. The van der Waals surface area contributed by atoms with Crippen LogP contribution < -0.4 is 10.9 Å². The molecule has 232 valence electrons. The standard InChI is InChI=1S/C29H30N4O3S.C2HF3O2/c34-27(11-14-30-18-20-9-10-26-21(17-20)13-16-36-26)32-15-12-25-24(19-32)28(35)33(22-5-2-1-3-6-22)29(31-25)37-23-7-4-8-23;3-2(4,5)1(6)7/h1-3,5-6,9-10,13,16-17,23,30H,4,7-8,11-12,14-15,18-19H2;(H,6,7). The lowest BCUT2D eigenvalue weighted by atomic mass is 10.0. The van der Waals surface area contributed by atoms with Gasteiger partial charge in [0.2, 0.25) is 5.91 Å². The van der Waals surface area contributed by atoms with Crippen LogP contribution in [0.15, 0.2) is 75.2 Å². The number of thioether (sulfide) groups is 1. The van der Waals surface area contributed by atoms with Gasteiger partial charge in [-0.25, -0.2) is 9.78 Å². The van der Waals surface area contributed by atoms with Gasteiger partial charge in [0.15, 0.2) is 5.16 Å². The average molecular weight is 629 g/mol. The Labute approximate surface area is 255 Å². The summed E-state index contributed by atoms with van der Waals surface area (Å²) in [6, 6.07) is 17.8. The van der Waals surface area contributed by atoms with Crippen LogP contribution >= 0.6 is 11.8 Å². The lowest BCUT2D eigenvalue weighted by Gasteiger charge is -2.30. The fraction of sp³-hybridized carbons (Fsp3) is 0.355. The lowest BCUT2D eigenvalue weighted by Crippen LogP contribution is -2.42. The Morgan fingerprint density at radius 2 is 1.86 bits per heavy atom. The number of carboxylic acids is 1. The molecule has 1 amide bonds. The van der Waals surface area contributed by atoms with E-state index >= 15 is 0 Å². The first kappa shape index (κ1) is 31.3. The molecule has 3 heterocycles. The van der Waals surface area contributed by atoms with Crippen molar-refractivity contribution in [2.24, 2.45) is 0 Å². The summed E-state index contributed by atoms with van der Waals surface area (Å²) in [6.07, 6.45) is 1.18. The molecule has 1 aliphatic heterocycles. The zero-order chi connectivity index (χ0) is 31.3. The first-order valence-electron chi connectivity index (χ1n) is 14.2. The van der Waals surface area contributed by atoms with Gasteiger partial charge in [-0.2, -0.15) is 13.2 Å². The summed E-state index contributed by atoms with van der Waals surface area (Å²) < 4.78 is 38.9. The lowest BCUT2D eigenvalue weighted by molar-refractivity contribution is -0.192. The Morgan fingerprint density at radius 3 is 2.55 bits per heavy atom. The summed E-state index contributed by atoms with van der Waals surface area (Å²) in [6.45, 7) is 2.18. The van der Waals surface area contributed by atoms with Crippen molar-refractivity contribution in [1.82, 2.24) is 19.8 Å². The van der Waals surface area contributed by atoms with Crippen LogP contribution in [0.4, 0.5) is 13.2 Å². The number of hydrogen-bond acceptors (Lipinski definition) is 7. The highest BCUT2D eigenvalue weighted by atomic mass is 32.2. The third-order valence-corrected chi connectivity index (χ3v) is 8.78. The Bertz CT molecular complexity index is 1690. The SMILES string of the molecule is O=C(CCNCc1ccc2occc2c1)N1CCc2nc(SC3CCC3)n(-c3ccccc3)c(=O)c2C1.O=C(O)C(F)(F)F. The number of alkyl halides is 3. The third kappa shape index (κ3) is 7.51. The van der Waals surface area contributed by atoms with Crippen LogP contribution in [0.5, 0.6) is 0 Å². The molecule has 0 radical (unpaired) electrons. The van der Waals surface area contributed by atoms with Crippen molar-refractivity contribution in [3.63, 3.8) is 0 Å². The van der Waals surface area contributed by atoms with Gasteiger partial charge >= 0.3 is 12.1 Å². The molecule has 1 fully saturated rings. The highest BCUT2D eigenvalue weighted by Gasteiger charge is 2.38. The van der Waals surface area contributed by atoms with Crippen LogP contribution in [-0.2, 0) is 29.1 Å². The van der Waals surface area contributed by atoms with E-state index in [-0.39, 0.29) is 11.5 Å². The number of carbonyl (C=O) groups excluding carboxylic acids is 1. The van der Waals surface area contributed by atoms with Crippen molar-refractivity contribution in [2.75, 3.05) is 13.1 Å². The summed E-state index contributed by atoms with van der Waals surface area (Å²) >= 11 is 1.72. The molecule has 0 spiro atoms. The van der Waals surface area contributed by atoms with Crippen molar-refractivity contribution in [1.29, 1.82) is 0 Å². The van der Waals surface area contributed by atoms with Gasteiger partial charge in [0.05, 0.1) is 29.8 Å². The molecule has 6 rings (SSSR count). The number of para-hydroxylation sites is 1. The predicted octanol–water partition coefficient (Wildman–Crippen LogP) is 5.32. The molecule has 2 aromatic heterocycles. The quantitative estimate of drug-likeness (QED) is 0.199. The van der Waals surface area contributed by atoms with Gasteiger partial charge < -0.3 is 19.7 Å². The topological polar surface area (TPSA) is 118 Å². The maximum absolute atomic E-state index is 13.7. The molecular weight excluding hydrogens is 597 g/mol. The van der Waals surface area contributed by atoms with E-state index in [1.807, 2.05) is 48.5 Å². The predicted molar refractivity (Wildman–Crippen MR) is 159 cm³/mol. The number of nitrogens with zero attached hydrogens (tertiary/aromatic N) is 3. The summed E-state index contributed by atoms with van der Waals surface area (Å²) in [5, 5.41) is 12.9. The number of halogens is 3. The van der Waals surface area contributed by atoms with Crippen LogP contribution in [0.2, 0.25) is 0 Å². The van der Waals surface area contributed by atoms with Crippen LogP contribution in [0.3, 0.4) is 0 Å². The highest BCUT2D eigenvalue weighted by Crippen LogP contribution is 2.36. The minimum Gasteiger partial charge on any atom is -0.475 e. The van der Waals surface area contributed by atoms with Gasteiger partial charge in [0.25, 0.3) is 5.56 Å². The van der Waals surface area contributed by atoms with Crippen LogP contribution in [0, 0.1) is 0 Å². The van der Waals surface area contributed by atoms with Gasteiger partial charge in [0.1, 0.15) is 5.58 Å². The first-order valence-corrected chi connectivity index (χ1v) is 15.1. The van der Waals surface area contributed by atoms with E-state index in [1.165, 1.54) is 19.3 Å². The molecule has 0 atom stereocenters. The number of hydrogen-bond donors (Lipinski definition) is 2. The van der Waals surface area contributed by atoms with Crippen LogP contribution in [0.25, 0.3) is 16.7 Å². The van der Waals surface area contributed by atoms with E-state index in [4.69, 9.17) is 19.3 Å². The molecule has 2 aromatic carbocycles. The summed E-state index contributed by atoms with van der Waals surface area (Å²) in [7, 11) is 0. The molecule has 0 unspecified atom stereocenters. The van der Waals surface area contributed by atoms with Gasteiger partial charge in [-0.05, 0) is 48.7 Å². The van der Waals surface area contributed by atoms with Crippen molar-refractivity contribution in [2.45, 2.75) is 61.8 Å². The number of benzene rings is 2. The molecule has 44 heavy (non-hydrogen) atoms. The maximum atomic E-state index is 13.7. The molecule has 9 nitrogen and oxygen atoms in total. The fourth-order valence-corrected chi connectivity index (χ4v) is 6.23. The molecule has 2 aliphatic rings. The second-order valence-corrected chi connectivity index (χ2v) is 11.8. The number of furan rings is 1. The molecule has 0 bridgehead atoms. The maximum Gasteiger partial charge on any atom is 0.490 e. The van der Waals surface area contributed by atoms with Crippen molar-refractivity contribution in [3.8, 4) is 5.69 Å². The molecule has 1 aliphatic carbocycles. The summed E-state index contributed by atoms with van der Waals surface area (Å²) in [5.41, 5.74) is 4.28. The minimum atomic E-state index is -5.08. The number of aromatic nitrogens is 2. The van der Waals surface area contributed by atoms with Crippen molar-refractivity contribution in [3.05, 3.63) is 88.0 Å². The van der Waals surface area contributed by atoms with E-state index in [9.17, 15) is 22.8 Å². The normalized spacial score (nSPS) is 14.8. The van der Waals surface area contributed by atoms with E-state index in [0.29, 0.717) is 49.8 Å². The number of carboxylic acid groups (broad SMARTS) is 1. The number of carbonyl (C=O) groups is 2.